The van der Waals surface area contributed by atoms with Gasteiger partial charge in [-0.15, -0.1) is 0 Å². The van der Waals surface area contributed by atoms with E-state index in [1.165, 1.54) is 13.0 Å². The summed E-state index contributed by atoms with van der Waals surface area (Å²) < 4.78 is 4.90. The van der Waals surface area contributed by atoms with Gasteiger partial charge in [-0.3, -0.25) is 10.1 Å². The molecule has 92 valence electrons. The standard InChI is InChI=1S/C12H9ClN2O3/c1-8-12(15(16)17)11(18-14-8)6-5-9-3-2-4-10(13)7-9/h2-7H,1H3/b6-5+. The van der Waals surface area contributed by atoms with Crippen LogP contribution < -0.4 is 0 Å². The summed E-state index contributed by atoms with van der Waals surface area (Å²) >= 11 is 5.83. The van der Waals surface area contributed by atoms with Crippen molar-refractivity contribution in [3.05, 3.63) is 56.4 Å². The Balaban J connectivity index is 2.32. The molecule has 0 spiro atoms. The summed E-state index contributed by atoms with van der Waals surface area (Å²) in [7, 11) is 0. The summed E-state index contributed by atoms with van der Waals surface area (Å²) in [5, 5.41) is 15.0. The van der Waals surface area contributed by atoms with E-state index in [4.69, 9.17) is 16.1 Å². The van der Waals surface area contributed by atoms with E-state index in [-0.39, 0.29) is 17.1 Å². The largest absolute Gasteiger partial charge is 0.349 e. The first kappa shape index (κ1) is 12.3. The third-order valence-electron chi connectivity index (χ3n) is 2.32. The molecule has 0 aliphatic carbocycles. The van der Waals surface area contributed by atoms with Crippen molar-refractivity contribution in [2.45, 2.75) is 6.92 Å². The number of halogens is 1. The first-order valence-corrected chi connectivity index (χ1v) is 5.50. The lowest BCUT2D eigenvalue weighted by Crippen LogP contribution is -1.90. The second-order valence-corrected chi connectivity index (χ2v) is 4.06. The SMILES string of the molecule is Cc1noc(/C=C/c2cccc(Cl)c2)c1[N+](=O)[O-]. The van der Waals surface area contributed by atoms with E-state index < -0.39 is 4.92 Å². The fraction of sp³-hybridized carbons (Fsp3) is 0.0833. The zero-order valence-corrected chi connectivity index (χ0v) is 10.2. The first-order chi connectivity index (χ1) is 8.58. The summed E-state index contributed by atoms with van der Waals surface area (Å²) in [4.78, 5) is 10.3. The van der Waals surface area contributed by atoms with Crippen LogP contribution in [-0.4, -0.2) is 10.1 Å². The highest BCUT2D eigenvalue weighted by Gasteiger charge is 2.21. The molecule has 0 atom stereocenters. The molecule has 6 heteroatoms. The Morgan fingerprint density at radius 2 is 2.22 bits per heavy atom. The number of hydrogen-bond acceptors (Lipinski definition) is 4. The molecule has 2 rings (SSSR count). The predicted molar refractivity (Wildman–Crippen MR) is 68.3 cm³/mol. The molecule has 5 nitrogen and oxygen atoms in total. The van der Waals surface area contributed by atoms with Gasteiger partial charge < -0.3 is 4.52 Å². The lowest BCUT2D eigenvalue weighted by atomic mass is 10.2. The maximum Gasteiger partial charge on any atom is 0.338 e. The molecular weight excluding hydrogens is 256 g/mol. The van der Waals surface area contributed by atoms with Crippen LogP contribution in [0.25, 0.3) is 12.2 Å². The molecule has 1 aromatic carbocycles. The molecule has 1 aromatic heterocycles. The summed E-state index contributed by atoms with van der Waals surface area (Å²) in [6.07, 6.45) is 3.18. The second-order valence-electron chi connectivity index (χ2n) is 3.63. The third-order valence-corrected chi connectivity index (χ3v) is 2.55. The molecular formula is C12H9ClN2O3. The van der Waals surface area contributed by atoms with E-state index in [9.17, 15) is 10.1 Å². The Bertz CT molecular complexity index is 620. The van der Waals surface area contributed by atoms with Gasteiger partial charge in [-0.2, -0.15) is 0 Å². The number of aryl methyl sites for hydroxylation is 1. The Hall–Kier alpha value is -2.14. The zero-order chi connectivity index (χ0) is 13.1. The second kappa shape index (κ2) is 5.01. The van der Waals surface area contributed by atoms with Crippen LogP contribution in [0.5, 0.6) is 0 Å². The van der Waals surface area contributed by atoms with Gasteiger partial charge in [0, 0.05) is 5.02 Å². The van der Waals surface area contributed by atoms with Gasteiger partial charge in [0.05, 0.1) is 4.92 Å². The van der Waals surface area contributed by atoms with E-state index in [1.807, 2.05) is 6.07 Å². The molecule has 2 aromatic rings. The molecule has 0 saturated heterocycles. The number of nitrogens with zero attached hydrogens (tertiary/aromatic N) is 2. The first-order valence-electron chi connectivity index (χ1n) is 5.12. The highest BCUT2D eigenvalue weighted by Crippen LogP contribution is 2.24. The fourth-order valence-corrected chi connectivity index (χ4v) is 1.69. The van der Waals surface area contributed by atoms with Crippen LogP contribution in [0.15, 0.2) is 28.8 Å². The number of aromatic nitrogens is 1. The van der Waals surface area contributed by atoms with Crippen molar-refractivity contribution in [1.29, 1.82) is 0 Å². The molecule has 0 aliphatic heterocycles. The highest BCUT2D eigenvalue weighted by molar-refractivity contribution is 6.30. The van der Waals surface area contributed by atoms with Crippen LogP contribution in [0, 0.1) is 17.0 Å². The number of rotatable bonds is 3. The summed E-state index contributed by atoms with van der Waals surface area (Å²) in [5.74, 6) is 0.123. The van der Waals surface area contributed by atoms with Crippen LogP contribution in [0.1, 0.15) is 17.0 Å². The Kier molecular flexibility index (Phi) is 3.43. The molecule has 0 saturated carbocycles. The van der Waals surface area contributed by atoms with Crippen molar-refractivity contribution in [2.24, 2.45) is 0 Å². The van der Waals surface area contributed by atoms with Gasteiger partial charge >= 0.3 is 5.69 Å². The van der Waals surface area contributed by atoms with E-state index in [1.54, 1.807) is 24.3 Å². The van der Waals surface area contributed by atoms with Crippen LogP contribution in [0.4, 0.5) is 5.69 Å². The van der Waals surface area contributed by atoms with Gasteiger partial charge in [0.2, 0.25) is 5.76 Å². The average Bonchev–Trinajstić information content (AvgIpc) is 2.68. The van der Waals surface area contributed by atoms with Crippen LogP contribution in [-0.2, 0) is 0 Å². The zero-order valence-electron chi connectivity index (χ0n) is 9.46. The smallest absolute Gasteiger partial charge is 0.338 e. The van der Waals surface area contributed by atoms with Gasteiger partial charge in [-0.1, -0.05) is 35.0 Å². The minimum Gasteiger partial charge on any atom is -0.349 e. The quantitative estimate of drug-likeness (QED) is 0.626. The minimum absolute atomic E-state index is 0.117. The lowest BCUT2D eigenvalue weighted by molar-refractivity contribution is -0.386. The normalized spacial score (nSPS) is 11.0. The number of benzene rings is 1. The van der Waals surface area contributed by atoms with Crippen molar-refractivity contribution in [2.75, 3.05) is 0 Å². The van der Waals surface area contributed by atoms with Gasteiger partial charge in [0.15, 0.2) is 5.69 Å². The Labute approximate surface area is 108 Å². The van der Waals surface area contributed by atoms with Gasteiger partial charge in [-0.05, 0) is 30.7 Å². The molecule has 0 amide bonds. The molecule has 0 N–H and O–H groups in total. The Morgan fingerprint density at radius 3 is 2.89 bits per heavy atom. The molecule has 1 heterocycles. The van der Waals surface area contributed by atoms with Crippen molar-refractivity contribution < 1.29 is 9.45 Å². The minimum atomic E-state index is -0.510. The van der Waals surface area contributed by atoms with Crippen LogP contribution in [0.3, 0.4) is 0 Å². The number of nitro groups is 1. The van der Waals surface area contributed by atoms with Crippen molar-refractivity contribution >= 4 is 29.4 Å². The lowest BCUT2D eigenvalue weighted by Gasteiger charge is -1.93. The van der Waals surface area contributed by atoms with E-state index in [0.717, 1.165) is 5.56 Å². The van der Waals surface area contributed by atoms with Gasteiger partial charge in [-0.25, -0.2) is 0 Å². The summed E-state index contributed by atoms with van der Waals surface area (Å²) in [6, 6.07) is 7.12. The highest BCUT2D eigenvalue weighted by atomic mass is 35.5. The molecule has 0 radical (unpaired) electrons. The number of hydrogen-bond donors (Lipinski definition) is 0. The molecule has 0 fully saturated rings. The summed E-state index contributed by atoms with van der Waals surface area (Å²) in [5.41, 5.74) is 0.963. The Morgan fingerprint density at radius 1 is 1.44 bits per heavy atom. The molecule has 0 bridgehead atoms. The van der Waals surface area contributed by atoms with Gasteiger partial charge in [0.25, 0.3) is 0 Å². The van der Waals surface area contributed by atoms with Gasteiger partial charge in [0.1, 0.15) is 0 Å². The molecule has 18 heavy (non-hydrogen) atoms. The maximum absolute atomic E-state index is 10.8. The van der Waals surface area contributed by atoms with Crippen molar-refractivity contribution in [3.8, 4) is 0 Å². The van der Waals surface area contributed by atoms with E-state index in [2.05, 4.69) is 5.16 Å². The topological polar surface area (TPSA) is 69.2 Å². The third kappa shape index (κ3) is 2.57. The maximum atomic E-state index is 10.8. The van der Waals surface area contributed by atoms with E-state index in [0.29, 0.717) is 5.02 Å². The van der Waals surface area contributed by atoms with E-state index >= 15 is 0 Å². The molecule has 0 unspecified atom stereocenters. The fourth-order valence-electron chi connectivity index (χ4n) is 1.50. The van der Waals surface area contributed by atoms with Crippen LogP contribution >= 0.6 is 11.6 Å². The van der Waals surface area contributed by atoms with Crippen LogP contribution in [0.2, 0.25) is 5.02 Å². The predicted octanol–water partition coefficient (Wildman–Crippen LogP) is 3.72. The summed E-state index contributed by atoms with van der Waals surface area (Å²) in [6.45, 7) is 1.53. The monoisotopic (exact) mass is 264 g/mol. The molecule has 0 aliphatic rings. The van der Waals surface area contributed by atoms with Crippen molar-refractivity contribution in [1.82, 2.24) is 5.16 Å². The average molecular weight is 265 g/mol. The van der Waals surface area contributed by atoms with Crippen molar-refractivity contribution in [3.63, 3.8) is 0 Å².